The minimum Gasteiger partial charge on any atom is -0.473 e. The highest BCUT2D eigenvalue weighted by Gasteiger charge is 2.40. The van der Waals surface area contributed by atoms with Crippen molar-refractivity contribution in [3.05, 3.63) is 61.9 Å². The number of carboxylic acid groups (broad SMARTS) is 2. The summed E-state index contributed by atoms with van der Waals surface area (Å²) in [6, 6.07) is 6.05. The lowest BCUT2D eigenvalue weighted by molar-refractivity contribution is -0.159. The highest BCUT2D eigenvalue weighted by atomic mass is 19.1. The third-order valence-electron chi connectivity index (χ3n) is 8.15. The molecule has 2 unspecified atom stereocenters. The van der Waals surface area contributed by atoms with Gasteiger partial charge in [-0.3, -0.25) is 9.47 Å². The number of aliphatic carboxylic acids is 2. The average Bonchev–Trinajstić information content (AvgIpc) is 3.06. The molecule has 12 heteroatoms. The second kappa shape index (κ2) is 13.3. The van der Waals surface area contributed by atoms with Gasteiger partial charge in [-0.15, -0.1) is 0 Å². The minimum atomic E-state index is -1.82. The van der Waals surface area contributed by atoms with Gasteiger partial charge in [0.05, 0.1) is 12.7 Å². The van der Waals surface area contributed by atoms with Crippen molar-refractivity contribution in [2.45, 2.75) is 103 Å². The van der Waals surface area contributed by atoms with Gasteiger partial charge < -0.3 is 14.9 Å². The van der Waals surface area contributed by atoms with Crippen molar-refractivity contribution < 1.29 is 28.9 Å². The van der Waals surface area contributed by atoms with Gasteiger partial charge in [-0.25, -0.2) is 28.1 Å². The van der Waals surface area contributed by atoms with E-state index in [1.54, 1.807) is 10.6 Å². The Kier molecular flexibility index (Phi) is 9.85. The number of hydrogen-bond donors (Lipinski definition) is 2. The lowest BCUT2D eigenvalue weighted by Crippen LogP contribution is -2.47. The van der Waals surface area contributed by atoms with E-state index in [0.717, 1.165) is 63.5 Å². The van der Waals surface area contributed by atoms with E-state index >= 15 is 0 Å². The maximum absolute atomic E-state index is 14.1. The van der Waals surface area contributed by atoms with Crippen LogP contribution >= 0.6 is 0 Å². The number of rotatable bonds is 7. The van der Waals surface area contributed by atoms with Crippen molar-refractivity contribution in [2.24, 2.45) is 0 Å². The fourth-order valence-corrected chi connectivity index (χ4v) is 6.09. The Labute approximate surface area is 231 Å². The summed E-state index contributed by atoms with van der Waals surface area (Å²) in [4.78, 5) is 50.4. The number of ether oxygens (including phenoxy) is 1. The maximum Gasteiger partial charge on any atom is 0.414 e. The summed E-state index contributed by atoms with van der Waals surface area (Å²) in [5, 5.41) is 14.8. The Morgan fingerprint density at radius 3 is 2.40 bits per heavy atom. The van der Waals surface area contributed by atoms with Gasteiger partial charge in [0, 0.05) is 43.7 Å². The van der Waals surface area contributed by atoms with Crippen LogP contribution in [0.25, 0.3) is 0 Å². The summed E-state index contributed by atoms with van der Waals surface area (Å²) in [5.41, 5.74) is 0.981. The maximum atomic E-state index is 14.1. The molecule has 0 spiro atoms. The summed E-state index contributed by atoms with van der Waals surface area (Å²) in [7, 11) is 0. The molecule has 4 heterocycles. The monoisotopic (exact) mass is 560 g/mol. The summed E-state index contributed by atoms with van der Waals surface area (Å²) >= 11 is 0. The molecule has 2 fully saturated rings. The van der Waals surface area contributed by atoms with E-state index < -0.39 is 17.6 Å². The number of fused-ring (bicyclic) bond motifs is 3. The second-order valence-electron chi connectivity index (χ2n) is 10.7. The van der Waals surface area contributed by atoms with Gasteiger partial charge in [0.25, 0.3) is 0 Å². The number of halogens is 1. The standard InChI is InChI=1S/C26H35FN4O3.C2H2O4/c1-18-7-5-8-23(27)22(18)17-34-21-15-19-10-11-20(16-21)29(19)13-6-14-31-25(32)28-24-9-3-2-4-12-30(24)26(31)33;3-1(4)2(5)6/h5,7-8,19-21H,2-4,6,9-17H2,1H3;(H,3,4)(H,5,6). The Morgan fingerprint density at radius 2 is 1.75 bits per heavy atom. The molecule has 2 saturated heterocycles. The Hall–Kier alpha value is -3.38. The van der Waals surface area contributed by atoms with Gasteiger partial charge in [-0.05, 0) is 63.5 Å². The first-order chi connectivity index (χ1) is 19.2. The summed E-state index contributed by atoms with van der Waals surface area (Å²) < 4.78 is 23.3. The molecule has 0 saturated carbocycles. The molecule has 1 aromatic heterocycles. The van der Waals surface area contributed by atoms with Crippen LogP contribution in [0.3, 0.4) is 0 Å². The van der Waals surface area contributed by atoms with Gasteiger partial charge in [-0.2, -0.15) is 4.98 Å². The van der Waals surface area contributed by atoms with Crippen LogP contribution in [0.4, 0.5) is 4.39 Å². The Bertz CT molecular complexity index is 1290. The Morgan fingerprint density at radius 1 is 1.05 bits per heavy atom. The minimum absolute atomic E-state index is 0.147. The van der Waals surface area contributed by atoms with E-state index in [4.69, 9.17) is 24.5 Å². The topological polar surface area (TPSA) is 144 Å². The number of benzene rings is 1. The molecule has 2 N–H and O–H groups in total. The third kappa shape index (κ3) is 7.03. The molecular formula is C28H37FN4O7. The highest BCUT2D eigenvalue weighted by Crippen LogP contribution is 2.37. The van der Waals surface area contributed by atoms with Crippen molar-refractivity contribution in [1.82, 2.24) is 19.0 Å². The molecule has 2 atom stereocenters. The summed E-state index contributed by atoms with van der Waals surface area (Å²) in [6.07, 6.45) is 8.82. The SMILES string of the molecule is Cc1cccc(F)c1COC1CC2CCC(C1)N2CCCn1c(=O)nc2n(c1=O)CCCCC2.O=C(O)C(=O)O. The van der Waals surface area contributed by atoms with Crippen LogP contribution < -0.4 is 11.4 Å². The van der Waals surface area contributed by atoms with Crippen molar-refractivity contribution in [3.63, 3.8) is 0 Å². The van der Waals surface area contributed by atoms with Crippen LogP contribution in [-0.2, 0) is 40.4 Å². The predicted molar refractivity (Wildman–Crippen MR) is 143 cm³/mol. The Balaban J connectivity index is 0.000000557. The fourth-order valence-electron chi connectivity index (χ4n) is 6.09. The van der Waals surface area contributed by atoms with E-state index in [-0.39, 0.29) is 17.6 Å². The average molecular weight is 561 g/mol. The molecule has 218 valence electrons. The second-order valence-corrected chi connectivity index (χ2v) is 10.7. The molecule has 0 radical (unpaired) electrons. The number of carbonyl (C=O) groups is 2. The number of hydrogen-bond acceptors (Lipinski definition) is 7. The van der Waals surface area contributed by atoms with Gasteiger partial charge in [0.1, 0.15) is 11.6 Å². The van der Waals surface area contributed by atoms with Gasteiger partial charge >= 0.3 is 23.3 Å². The number of carboxylic acids is 2. The predicted octanol–water partition coefficient (Wildman–Crippen LogP) is 2.34. The molecular weight excluding hydrogens is 523 g/mol. The molecule has 2 bridgehead atoms. The molecule has 2 aromatic rings. The van der Waals surface area contributed by atoms with Gasteiger partial charge in [0.15, 0.2) is 0 Å². The first kappa shape index (κ1) is 29.6. The van der Waals surface area contributed by atoms with Crippen LogP contribution in [-0.4, -0.2) is 65.9 Å². The molecule has 0 amide bonds. The molecule has 3 aliphatic rings. The quantitative estimate of drug-likeness (QED) is 0.488. The number of nitrogens with zero attached hydrogens (tertiary/aromatic N) is 4. The summed E-state index contributed by atoms with van der Waals surface area (Å²) in [6.45, 7) is 4.17. The molecule has 40 heavy (non-hydrogen) atoms. The lowest BCUT2D eigenvalue weighted by Gasteiger charge is -2.39. The van der Waals surface area contributed by atoms with Gasteiger partial charge in [-0.1, -0.05) is 18.6 Å². The smallest absolute Gasteiger partial charge is 0.414 e. The molecule has 3 aliphatic heterocycles. The van der Waals surface area contributed by atoms with E-state index in [2.05, 4.69) is 9.88 Å². The van der Waals surface area contributed by atoms with Crippen molar-refractivity contribution in [2.75, 3.05) is 6.54 Å². The molecule has 1 aromatic carbocycles. The fraction of sp³-hybridized carbons (Fsp3) is 0.607. The van der Waals surface area contributed by atoms with Crippen molar-refractivity contribution in [1.29, 1.82) is 0 Å². The van der Waals surface area contributed by atoms with E-state index in [1.165, 1.54) is 10.6 Å². The molecule has 0 aliphatic carbocycles. The zero-order chi connectivity index (χ0) is 28.8. The lowest BCUT2D eigenvalue weighted by atomic mass is 9.99. The number of aryl methyl sites for hydroxylation is 2. The van der Waals surface area contributed by atoms with Crippen LogP contribution in [0, 0.1) is 12.7 Å². The van der Waals surface area contributed by atoms with Gasteiger partial charge in [0.2, 0.25) is 0 Å². The normalized spacial score (nSPS) is 22.1. The number of aromatic nitrogens is 3. The van der Waals surface area contributed by atoms with E-state index in [9.17, 15) is 14.0 Å². The van der Waals surface area contributed by atoms with Crippen molar-refractivity contribution >= 4 is 11.9 Å². The van der Waals surface area contributed by atoms with E-state index in [0.29, 0.717) is 49.6 Å². The summed E-state index contributed by atoms with van der Waals surface area (Å²) in [5.74, 6) is -3.20. The first-order valence-electron chi connectivity index (χ1n) is 13.9. The van der Waals surface area contributed by atoms with Crippen LogP contribution in [0.15, 0.2) is 27.8 Å². The van der Waals surface area contributed by atoms with Crippen LogP contribution in [0.2, 0.25) is 0 Å². The van der Waals surface area contributed by atoms with Crippen LogP contribution in [0.1, 0.15) is 68.3 Å². The van der Waals surface area contributed by atoms with Crippen LogP contribution in [0.5, 0.6) is 0 Å². The van der Waals surface area contributed by atoms with Crippen molar-refractivity contribution in [3.8, 4) is 0 Å². The molecule has 11 nitrogen and oxygen atoms in total. The highest BCUT2D eigenvalue weighted by molar-refractivity contribution is 6.27. The molecule has 5 rings (SSSR count). The zero-order valence-electron chi connectivity index (χ0n) is 22.8. The number of piperidine rings is 1. The first-order valence-corrected chi connectivity index (χ1v) is 13.9. The third-order valence-corrected chi connectivity index (χ3v) is 8.15. The zero-order valence-corrected chi connectivity index (χ0v) is 22.8. The largest absolute Gasteiger partial charge is 0.473 e. The van der Waals surface area contributed by atoms with E-state index in [1.807, 2.05) is 13.0 Å².